The van der Waals surface area contributed by atoms with E-state index >= 15 is 0 Å². The quantitative estimate of drug-likeness (QED) is 0.143. The Balaban J connectivity index is 0.000000137. The van der Waals surface area contributed by atoms with Crippen LogP contribution in [0.2, 0.25) is 15.9 Å². The normalized spacial score (nSPS) is 10.7. The predicted octanol–water partition coefficient (Wildman–Crippen LogP) is 16.3. The zero-order valence-corrected chi connectivity index (χ0v) is 41.6. The third-order valence-corrected chi connectivity index (χ3v) is 12.6. The molecule has 0 amide bonds. The van der Waals surface area contributed by atoms with Crippen LogP contribution in [0.1, 0.15) is 0 Å². The highest BCUT2D eigenvalue weighted by atomic mass is 35.5. The minimum atomic E-state index is 0.0860. The SMILES string of the molecule is Clc1nc(-c2ccc(-c3cccc4ccccc34)cc2)nc(-c2ccccc2-c2ccccc2)n1.Clc1nc(Cl)nc(-c2ccccc2-c2ccccc2)n1.O[B]Oc1ccc(-c2cccc3ccccc23)cc1. The molecule has 12 rings (SSSR count). The first kappa shape index (κ1) is 49.0. The summed E-state index contributed by atoms with van der Waals surface area (Å²) in [6.07, 6.45) is 0. The summed E-state index contributed by atoms with van der Waals surface area (Å²) in [7, 11) is 0.687. The molecule has 74 heavy (non-hydrogen) atoms. The summed E-state index contributed by atoms with van der Waals surface area (Å²) in [4.78, 5) is 25.8. The minimum Gasteiger partial charge on any atom is -0.537 e. The van der Waals surface area contributed by atoms with Crippen molar-refractivity contribution in [3.05, 3.63) is 259 Å². The Bertz CT molecular complexity index is 3820. The maximum absolute atomic E-state index is 8.60. The van der Waals surface area contributed by atoms with Crippen LogP contribution in [0.4, 0.5) is 0 Å². The van der Waals surface area contributed by atoms with Crippen LogP contribution >= 0.6 is 34.8 Å². The topological polar surface area (TPSA) is 107 Å². The molecule has 0 aliphatic carbocycles. The summed E-state index contributed by atoms with van der Waals surface area (Å²) in [5, 5.41) is 13.8. The van der Waals surface area contributed by atoms with E-state index in [2.05, 4.69) is 128 Å². The van der Waals surface area contributed by atoms with E-state index in [1.54, 1.807) is 0 Å². The van der Waals surface area contributed by atoms with Crippen molar-refractivity contribution in [2.75, 3.05) is 0 Å². The van der Waals surface area contributed by atoms with Gasteiger partial charge >= 0.3 is 7.69 Å². The highest BCUT2D eigenvalue weighted by Gasteiger charge is 2.15. The van der Waals surface area contributed by atoms with Gasteiger partial charge in [-0.1, -0.05) is 231 Å². The third kappa shape index (κ3) is 11.5. The third-order valence-electron chi connectivity index (χ3n) is 12.1. The summed E-state index contributed by atoms with van der Waals surface area (Å²) in [6.45, 7) is 0. The maximum atomic E-state index is 8.60. The minimum absolute atomic E-state index is 0.0860. The molecule has 12 heteroatoms. The Morgan fingerprint density at radius 2 is 0.622 bits per heavy atom. The molecule has 0 aliphatic heterocycles. The molecular weight excluding hydrogens is 978 g/mol. The lowest BCUT2D eigenvalue weighted by atomic mass is 9.97. The average molecular weight is 1020 g/mol. The lowest BCUT2D eigenvalue weighted by molar-refractivity contribution is 0.454. The molecular formula is C62H41BCl3N6O2. The summed E-state index contributed by atoms with van der Waals surface area (Å²) < 4.78 is 4.91. The van der Waals surface area contributed by atoms with E-state index in [0.29, 0.717) is 30.9 Å². The van der Waals surface area contributed by atoms with Gasteiger partial charge in [0.25, 0.3) is 0 Å². The molecule has 12 aromatic rings. The Labute approximate surface area is 444 Å². The van der Waals surface area contributed by atoms with Gasteiger partial charge in [0.2, 0.25) is 15.9 Å². The zero-order chi connectivity index (χ0) is 50.6. The van der Waals surface area contributed by atoms with E-state index in [4.69, 9.17) is 49.5 Å². The summed E-state index contributed by atoms with van der Waals surface area (Å²) in [5.74, 6) is 2.19. The molecule has 0 atom stereocenters. The first-order valence-corrected chi connectivity index (χ1v) is 24.6. The Morgan fingerprint density at radius 1 is 0.284 bits per heavy atom. The monoisotopic (exact) mass is 1020 g/mol. The number of halogens is 3. The molecule has 1 N–H and O–H groups in total. The number of benzene rings is 10. The van der Waals surface area contributed by atoms with Crippen LogP contribution in [-0.4, -0.2) is 42.6 Å². The number of rotatable bonds is 9. The summed E-state index contributed by atoms with van der Waals surface area (Å²) >= 11 is 18.1. The molecule has 2 heterocycles. The molecule has 0 saturated heterocycles. The van der Waals surface area contributed by atoms with Crippen LogP contribution < -0.4 is 4.65 Å². The van der Waals surface area contributed by atoms with Gasteiger partial charge in [0, 0.05) is 16.7 Å². The Morgan fingerprint density at radius 3 is 1.11 bits per heavy atom. The summed E-state index contributed by atoms with van der Waals surface area (Å²) in [6, 6.07) is 81.5. The highest BCUT2D eigenvalue weighted by Crippen LogP contribution is 2.35. The van der Waals surface area contributed by atoms with Crippen molar-refractivity contribution in [1.82, 2.24) is 29.9 Å². The van der Waals surface area contributed by atoms with Crippen LogP contribution in [0.15, 0.2) is 243 Å². The molecule has 8 nitrogen and oxygen atoms in total. The van der Waals surface area contributed by atoms with Crippen molar-refractivity contribution in [3.63, 3.8) is 0 Å². The smallest absolute Gasteiger partial charge is 0.537 e. The number of nitrogens with zero attached hydrogens (tertiary/aromatic N) is 6. The first-order valence-electron chi connectivity index (χ1n) is 23.5. The van der Waals surface area contributed by atoms with Crippen molar-refractivity contribution >= 4 is 64.0 Å². The lowest BCUT2D eigenvalue weighted by Gasteiger charge is -2.11. The summed E-state index contributed by atoms with van der Waals surface area (Å²) in [5.41, 5.74) is 11.6. The van der Waals surface area contributed by atoms with Gasteiger partial charge in [-0.05, 0) is 113 Å². The number of aromatic nitrogens is 6. The largest absolute Gasteiger partial charge is 0.569 e. The van der Waals surface area contributed by atoms with Crippen molar-refractivity contribution in [3.8, 4) is 84.4 Å². The van der Waals surface area contributed by atoms with Gasteiger partial charge in [-0.3, -0.25) is 0 Å². The van der Waals surface area contributed by atoms with Crippen molar-refractivity contribution < 1.29 is 9.68 Å². The Hall–Kier alpha value is -8.57. The van der Waals surface area contributed by atoms with Crippen molar-refractivity contribution in [1.29, 1.82) is 0 Å². The molecule has 0 aliphatic rings. The molecule has 355 valence electrons. The van der Waals surface area contributed by atoms with Gasteiger partial charge < -0.3 is 9.68 Å². The van der Waals surface area contributed by atoms with Gasteiger partial charge in [0.15, 0.2) is 17.5 Å². The van der Waals surface area contributed by atoms with Crippen LogP contribution in [0.3, 0.4) is 0 Å². The second kappa shape index (κ2) is 23.3. The van der Waals surface area contributed by atoms with Gasteiger partial charge in [0.1, 0.15) is 5.75 Å². The lowest BCUT2D eigenvalue weighted by Crippen LogP contribution is -1.99. The zero-order valence-electron chi connectivity index (χ0n) is 39.3. The maximum Gasteiger partial charge on any atom is 0.569 e. The van der Waals surface area contributed by atoms with Crippen molar-refractivity contribution in [2.24, 2.45) is 0 Å². The fraction of sp³-hybridized carbons (Fsp3) is 0. The van der Waals surface area contributed by atoms with E-state index in [1.807, 2.05) is 140 Å². The van der Waals surface area contributed by atoms with E-state index in [1.165, 1.54) is 32.7 Å². The van der Waals surface area contributed by atoms with Crippen LogP contribution in [0.5, 0.6) is 5.75 Å². The first-order chi connectivity index (χ1) is 36.4. The van der Waals surface area contributed by atoms with Gasteiger partial charge in [-0.15, -0.1) is 0 Å². The molecule has 0 spiro atoms. The molecule has 0 fully saturated rings. The van der Waals surface area contributed by atoms with Gasteiger partial charge in [0.05, 0.1) is 0 Å². The number of hydrogen-bond acceptors (Lipinski definition) is 8. The molecule has 10 aromatic carbocycles. The van der Waals surface area contributed by atoms with E-state index in [-0.39, 0.29) is 15.9 Å². The molecule has 1 radical (unpaired) electrons. The standard InChI is InChI=1S/C31H20ClN3.C16H12BO2.C15H9Cl2N3/c32-31-34-29(33-30(35-31)28-15-7-6-14-27(28)21-9-2-1-3-10-21)24-19-17-23(18-20-24)26-16-8-12-22-11-4-5-13-25(22)26;18-17-19-14-10-8-13(9-11-14)16-7-3-5-12-4-1-2-6-15(12)16;16-14-18-13(19-15(17)20-14)12-9-5-4-8-11(12)10-6-2-1-3-7-10/h1-20H;1-11,18H;1-9H. The van der Waals surface area contributed by atoms with E-state index in [0.717, 1.165) is 50.1 Å². The highest BCUT2D eigenvalue weighted by molar-refractivity contribution is 6.31. The van der Waals surface area contributed by atoms with Crippen LogP contribution in [0.25, 0.3) is 100 Å². The van der Waals surface area contributed by atoms with E-state index in [9.17, 15) is 0 Å². The van der Waals surface area contributed by atoms with Gasteiger partial charge in [-0.2, -0.15) is 24.9 Å². The average Bonchev–Trinajstić information content (AvgIpc) is 3.45. The van der Waals surface area contributed by atoms with Crippen LogP contribution in [0, 0.1) is 0 Å². The Kier molecular flexibility index (Phi) is 15.5. The molecule has 2 aromatic heterocycles. The molecule has 0 saturated carbocycles. The molecule has 0 unspecified atom stereocenters. The fourth-order valence-corrected chi connectivity index (χ4v) is 9.19. The number of hydrogen-bond donors (Lipinski definition) is 1. The predicted molar refractivity (Wildman–Crippen MR) is 303 cm³/mol. The fourth-order valence-electron chi connectivity index (χ4n) is 8.67. The second-order valence-corrected chi connectivity index (χ2v) is 17.7. The van der Waals surface area contributed by atoms with Crippen LogP contribution in [-0.2, 0) is 0 Å². The number of fused-ring (bicyclic) bond motifs is 2. The van der Waals surface area contributed by atoms with Gasteiger partial charge in [-0.25, -0.2) is 4.98 Å². The second-order valence-electron chi connectivity index (χ2n) is 16.7. The van der Waals surface area contributed by atoms with Crippen molar-refractivity contribution in [2.45, 2.75) is 0 Å². The van der Waals surface area contributed by atoms with E-state index < -0.39 is 0 Å². The molecule has 0 bridgehead atoms.